The van der Waals surface area contributed by atoms with Crippen LogP contribution >= 0.6 is 23.4 Å². The maximum atomic E-state index is 12.3. The Labute approximate surface area is 153 Å². The molecule has 1 N–H and O–H groups in total. The highest BCUT2D eigenvalue weighted by molar-refractivity contribution is 8.00. The molecule has 2 aromatic heterocycles. The van der Waals surface area contributed by atoms with E-state index < -0.39 is 0 Å². The predicted molar refractivity (Wildman–Crippen MR) is 98.3 cm³/mol. The highest BCUT2D eigenvalue weighted by atomic mass is 35.5. The van der Waals surface area contributed by atoms with Gasteiger partial charge in [0, 0.05) is 23.0 Å². The average Bonchev–Trinajstić information content (AvgIpc) is 2.83. The zero-order valence-electron chi connectivity index (χ0n) is 13.3. The second-order valence-corrected chi connectivity index (χ2v) is 7.07. The number of nitrogens with zero attached hydrogens (tertiary/aromatic N) is 4. The SMILES string of the molecule is Cc1nn(-c2ncccn2)c2c1[C@H](c1ccccc1Cl)SCC(=O)N2. The van der Waals surface area contributed by atoms with Crippen molar-refractivity contribution < 1.29 is 4.79 Å². The van der Waals surface area contributed by atoms with Crippen molar-refractivity contribution >= 4 is 35.1 Å². The summed E-state index contributed by atoms with van der Waals surface area (Å²) >= 11 is 7.95. The van der Waals surface area contributed by atoms with Crippen LogP contribution in [0, 0.1) is 6.92 Å². The molecular weight excluding hydrogens is 358 g/mol. The second kappa shape index (κ2) is 6.50. The number of amides is 1. The Hall–Kier alpha value is -2.38. The predicted octanol–water partition coefficient (Wildman–Crippen LogP) is 3.40. The van der Waals surface area contributed by atoms with Gasteiger partial charge in [-0.15, -0.1) is 11.8 Å². The van der Waals surface area contributed by atoms with Crippen LogP contribution in [-0.2, 0) is 4.79 Å². The van der Waals surface area contributed by atoms with E-state index in [0.717, 1.165) is 16.8 Å². The summed E-state index contributed by atoms with van der Waals surface area (Å²) in [7, 11) is 0. The zero-order valence-corrected chi connectivity index (χ0v) is 14.9. The molecule has 6 nitrogen and oxygen atoms in total. The molecule has 0 unspecified atom stereocenters. The van der Waals surface area contributed by atoms with Gasteiger partial charge in [0.1, 0.15) is 5.82 Å². The molecule has 1 amide bonds. The fraction of sp³-hybridized carbons (Fsp3) is 0.176. The van der Waals surface area contributed by atoms with Crippen molar-refractivity contribution in [1.82, 2.24) is 19.7 Å². The van der Waals surface area contributed by atoms with Crippen LogP contribution in [0.15, 0.2) is 42.7 Å². The Morgan fingerprint density at radius 2 is 2.00 bits per heavy atom. The first-order chi connectivity index (χ1) is 12.1. The van der Waals surface area contributed by atoms with Crippen LogP contribution in [0.3, 0.4) is 0 Å². The van der Waals surface area contributed by atoms with E-state index in [2.05, 4.69) is 20.4 Å². The zero-order chi connectivity index (χ0) is 17.4. The molecule has 1 aliphatic rings. The lowest BCUT2D eigenvalue weighted by Crippen LogP contribution is -2.16. The van der Waals surface area contributed by atoms with Crippen LogP contribution in [0.2, 0.25) is 5.02 Å². The number of anilines is 1. The number of aryl methyl sites for hydroxylation is 1. The first-order valence-corrected chi connectivity index (χ1v) is 9.10. The third-order valence-corrected chi connectivity index (χ3v) is 5.53. The van der Waals surface area contributed by atoms with Crippen molar-refractivity contribution in [1.29, 1.82) is 0 Å². The lowest BCUT2D eigenvalue weighted by Gasteiger charge is -2.16. The minimum Gasteiger partial charge on any atom is -0.309 e. The normalized spacial score (nSPS) is 16.9. The fourth-order valence-corrected chi connectivity index (χ4v) is 4.40. The topological polar surface area (TPSA) is 72.7 Å². The number of aromatic nitrogens is 4. The Morgan fingerprint density at radius 3 is 2.76 bits per heavy atom. The van der Waals surface area contributed by atoms with Gasteiger partial charge in [0.05, 0.1) is 16.7 Å². The van der Waals surface area contributed by atoms with Crippen LogP contribution in [-0.4, -0.2) is 31.4 Å². The van der Waals surface area contributed by atoms with Gasteiger partial charge in [0.15, 0.2) is 0 Å². The molecule has 0 saturated heterocycles. The van der Waals surface area contributed by atoms with Gasteiger partial charge in [-0.2, -0.15) is 9.78 Å². The van der Waals surface area contributed by atoms with E-state index in [-0.39, 0.29) is 11.2 Å². The number of hydrogen-bond donors (Lipinski definition) is 1. The molecule has 1 aliphatic heterocycles. The molecule has 8 heteroatoms. The van der Waals surface area contributed by atoms with Crippen LogP contribution in [0.1, 0.15) is 22.1 Å². The summed E-state index contributed by atoms with van der Waals surface area (Å²) in [6.45, 7) is 1.92. The number of rotatable bonds is 2. The summed E-state index contributed by atoms with van der Waals surface area (Å²) in [4.78, 5) is 20.7. The van der Waals surface area contributed by atoms with Crippen molar-refractivity contribution in [2.24, 2.45) is 0 Å². The summed E-state index contributed by atoms with van der Waals surface area (Å²) in [6, 6.07) is 9.42. The molecule has 1 atom stereocenters. The van der Waals surface area contributed by atoms with Crippen molar-refractivity contribution in [3.05, 3.63) is 64.6 Å². The van der Waals surface area contributed by atoms with Gasteiger partial charge in [0.2, 0.25) is 5.91 Å². The van der Waals surface area contributed by atoms with Crippen molar-refractivity contribution in [2.75, 3.05) is 11.1 Å². The number of carbonyl (C=O) groups is 1. The minimum atomic E-state index is -0.0971. The number of halogens is 1. The van der Waals surface area contributed by atoms with Gasteiger partial charge in [-0.1, -0.05) is 29.8 Å². The van der Waals surface area contributed by atoms with E-state index in [9.17, 15) is 4.79 Å². The molecule has 0 radical (unpaired) electrons. The van der Waals surface area contributed by atoms with Gasteiger partial charge in [-0.25, -0.2) is 9.97 Å². The maximum Gasteiger partial charge on any atom is 0.252 e. The summed E-state index contributed by atoms with van der Waals surface area (Å²) in [5, 5.41) is 8.08. The third kappa shape index (κ3) is 2.89. The number of fused-ring (bicyclic) bond motifs is 1. The van der Waals surface area contributed by atoms with E-state index in [0.29, 0.717) is 22.5 Å². The lowest BCUT2D eigenvalue weighted by atomic mass is 10.0. The molecule has 0 fully saturated rings. The summed E-state index contributed by atoms with van der Waals surface area (Å²) in [6.07, 6.45) is 3.29. The van der Waals surface area contributed by atoms with Crippen LogP contribution in [0.25, 0.3) is 5.95 Å². The second-order valence-electron chi connectivity index (χ2n) is 5.57. The Morgan fingerprint density at radius 1 is 1.24 bits per heavy atom. The van der Waals surface area contributed by atoms with E-state index in [4.69, 9.17) is 11.6 Å². The minimum absolute atomic E-state index is 0.0853. The van der Waals surface area contributed by atoms with Gasteiger partial charge in [-0.05, 0) is 24.6 Å². The third-order valence-electron chi connectivity index (χ3n) is 3.94. The standard InChI is InChI=1S/C17H14ClN5OS/c1-10-14-15(11-5-2-3-6-12(11)18)25-9-13(24)21-16(14)23(22-10)17-19-7-4-8-20-17/h2-8,15H,9H2,1H3,(H,21,24)/t15-/m0/s1. The van der Waals surface area contributed by atoms with Gasteiger partial charge in [0.25, 0.3) is 5.95 Å². The summed E-state index contributed by atoms with van der Waals surface area (Å²) in [5.74, 6) is 1.26. The number of benzene rings is 1. The smallest absolute Gasteiger partial charge is 0.252 e. The first kappa shape index (κ1) is 16.1. The van der Waals surface area contributed by atoms with Gasteiger partial charge < -0.3 is 5.32 Å². The van der Waals surface area contributed by atoms with Crippen LogP contribution < -0.4 is 5.32 Å². The lowest BCUT2D eigenvalue weighted by molar-refractivity contribution is -0.113. The molecule has 3 aromatic rings. The number of nitrogens with one attached hydrogen (secondary N) is 1. The number of thioether (sulfide) groups is 1. The number of carbonyl (C=O) groups excluding carboxylic acids is 1. The Bertz CT molecular complexity index is 943. The molecule has 25 heavy (non-hydrogen) atoms. The molecule has 0 bridgehead atoms. The number of hydrogen-bond acceptors (Lipinski definition) is 5. The van der Waals surface area contributed by atoms with Crippen molar-refractivity contribution in [2.45, 2.75) is 12.2 Å². The molecule has 0 saturated carbocycles. The quantitative estimate of drug-likeness (QED) is 0.747. The van der Waals surface area contributed by atoms with Crippen molar-refractivity contribution in [3.63, 3.8) is 0 Å². The molecule has 1 aromatic carbocycles. The van der Waals surface area contributed by atoms with E-state index >= 15 is 0 Å². The average molecular weight is 372 g/mol. The van der Waals surface area contributed by atoms with Crippen molar-refractivity contribution in [3.8, 4) is 5.95 Å². The highest BCUT2D eigenvalue weighted by Gasteiger charge is 2.31. The fourth-order valence-electron chi connectivity index (χ4n) is 2.86. The molecule has 4 rings (SSSR count). The van der Waals surface area contributed by atoms with E-state index in [1.54, 1.807) is 23.1 Å². The summed E-state index contributed by atoms with van der Waals surface area (Å²) < 4.78 is 1.58. The molecule has 3 heterocycles. The molecule has 0 aliphatic carbocycles. The van der Waals surface area contributed by atoms with Crippen LogP contribution in [0.4, 0.5) is 5.82 Å². The Balaban J connectivity index is 1.92. The first-order valence-electron chi connectivity index (χ1n) is 7.68. The largest absolute Gasteiger partial charge is 0.309 e. The molecular formula is C17H14ClN5OS. The molecule has 126 valence electrons. The highest BCUT2D eigenvalue weighted by Crippen LogP contribution is 2.45. The van der Waals surface area contributed by atoms with E-state index in [1.165, 1.54) is 11.8 Å². The monoisotopic (exact) mass is 371 g/mol. The van der Waals surface area contributed by atoms with Gasteiger partial charge >= 0.3 is 0 Å². The summed E-state index contributed by atoms with van der Waals surface area (Å²) in [5.41, 5.74) is 2.70. The van der Waals surface area contributed by atoms with E-state index in [1.807, 2.05) is 31.2 Å². The molecule has 0 spiro atoms. The van der Waals surface area contributed by atoms with Crippen LogP contribution in [0.5, 0.6) is 0 Å². The maximum absolute atomic E-state index is 12.3. The van der Waals surface area contributed by atoms with Gasteiger partial charge in [-0.3, -0.25) is 4.79 Å². The Kier molecular flexibility index (Phi) is 4.19.